The van der Waals surface area contributed by atoms with Crippen molar-refractivity contribution in [2.24, 2.45) is 0 Å². The maximum Gasteiger partial charge on any atom is 0.408 e. The second-order valence-corrected chi connectivity index (χ2v) is 10.6. The number of amides is 3. The van der Waals surface area contributed by atoms with E-state index in [1.807, 2.05) is 51.1 Å². The van der Waals surface area contributed by atoms with Gasteiger partial charge in [0, 0.05) is 17.6 Å². The minimum atomic E-state index is -0.958. The number of carbonyl (C=O) groups is 3. The molecule has 37 heavy (non-hydrogen) atoms. The van der Waals surface area contributed by atoms with Crippen LogP contribution in [0.1, 0.15) is 77.6 Å². The van der Waals surface area contributed by atoms with Gasteiger partial charge < -0.3 is 20.3 Å². The van der Waals surface area contributed by atoms with E-state index in [2.05, 4.69) is 16.6 Å². The van der Waals surface area contributed by atoms with Gasteiger partial charge in [-0.05, 0) is 71.2 Å². The zero-order valence-corrected chi connectivity index (χ0v) is 22.9. The molecule has 0 aliphatic carbocycles. The molecule has 3 amide bonds. The van der Waals surface area contributed by atoms with Crippen molar-refractivity contribution in [2.75, 3.05) is 0 Å². The number of carbonyl (C=O) groups excluding carboxylic acids is 3. The lowest BCUT2D eigenvalue weighted by Crippen LogP contribution is -2.58. The normalized spacial score (nSPS) is 13.0. The Morgan fingerprint density at radius 3 is 2.11 bits per heavy atom. The quantitative estimate of drug-likeness (QED) is 0.472. The molecule has 2 atom stereocenters. The SMILES string of the molecule is C#Cc1ccc(C(C(=O)NCc2ccccc2)N(C(=O)C(C)NC(=O)OC(C)(C)C)C(C)(C)CC)cc1. The van der Waals surface area contributed by atoms with Crippen LogP contribution in [-0.2, 0) is 20.9 Å². The van der Waals surface area contributed by atoms with Crippen LogP contribution in [0.3, 0.4) is 0 Å². The van der Waals surface area contributed by atoms with Crippen molar-refractivity contribution in [1.82, 2.24) is 15.5 Å². The molecule has 0 saturated heterocycles. The number of hydrogen-bond donors (Lipinski definition) is 2. The highest BCUT2D eigenvalue weighted by Crippen LogP contribution is 2.32. The summed E-state index contributed by atoms with van der Waals surface area (Å²) in [6, 6.07) is 14.7. The average Bonchev–Trinajstić information content (AvgIpc) is 2.84. The fourth-order valence-corrected chi connectivity index (χ4v) is 3.76. The standard InChI is InChI=1S/C30H39N3O4/c1-9-22-16-18-24(19-17-22)25(26(34)31-20-23-14-12-11-13-15-23)33(30(7,8)10-2)27(35)21(3)32-28(36)37-29(4,5)6/h1,11-19,21,25H,10,20H2,2-8H3,(H,31,34)(H,32,36). The lowest BCUT2D eigenvalue weighted by molar-refractivity contribution is -0.149. The van der Waals surface area contributed by atoms with E-state index in [4.69, 9.17) is 11.2 Å². The topological polar surface area (TPSA) is 87.7 Å². The highest BCUT2D eigenvalue weighted by atomic mass is 16.6. The van der Waals surface area contributed by atoms with Crippen molar-refractivity contribution >= 4 is 17.9 Å². The number of alkyl carbamates (subject to hydrolysis) is 1. The van der Waals surface area contributed by atoms with Gasteiger partial charge in [-0.3, -0.25) is 9.59 Å². The predicted molar refractivity (Wildman–Crippen MR) is 145 cm³/mol. The average molecular weight is 506 g/mol. The monoisotopic (exact) mass is 505 g/mol. The first-order valence-corrected chi connectivity index (χ1v) is 12.5. The molecule has 0 aliphatic rings. The highest BCUT2D eigenvalue weighted by Gasteiger charge is 2.42. The number of hydrogen-bond acceptors (Lipinski definition) is 4. The molecule has 2 unspecified atom stereocenters. The third-order valence-electron chi connectivity index (χ3n) is 6.07. The van der Waals surface area contributed by atoms with E-state index in [1.54, 1.807) is 56.9 Å². The first-order valence-electron chi connectivity index (χ1n) is 12.5. The lowest BCUT2D eigenvalue weighted by atomic mass is 9.92. The van der Waals surface area contributed by atoms with Crippen LogP contribution in [0.15, 0.2) is 54.6 Å². The van der Waals surface area contributed by atoms with E-state index >= 15 is 0 Å². The second kappa shape index (κ2) is 12.4. The van der Waals surface area contributed by atoms with E-state index in [0.29, 0.717) is 24.1 Å². The van der Waals surface area contributed by atoms with Crippen LogP contribution >= 0.6 is 0 Å². The molecule has 0 bridgehead atoms. The summed E-state index contributed by atoms with van der Waals surface area (Å²) in [5.74, 6) is 1.84. The summed E-state index contributed by atoms with van der Waals surface area (Å²) in [7, 11) is 0. The molecule has 0 radical (unpaired) electrons. The van der Waals surface area contributed by atoms with Gasteiger partial charge in [0.2, 0.25) is 11.8 Å². The van der Waals surface area contributed by atoms with E-state index < -0.39 is 35.2 Å². The highest BCUT2D eigenvalue weighted by molar-refractivity contribution is 5.92. The number of terminal acetylenes is 1. The lowest BCUT2D eigenvalue weighted by Gasteiger charge is -2.44. The minimum absolute atomic E-state index is 0.304. The Balaban J connectivity index is 2.47. The van der Waals surface area contributed by atoms with Gasteiger partial charge in [0.25, 0.3) is 0 Å². The molecule has 0 aliphatic heterocycles. The Bertz CT molecular complexity index is 1110. The Labute approximate surface area is 221 Å². The largest absolute Gasteiger partial charge is 0.444 e. The number of rotatable bonds is 9. The molecule has 0 aromatic heterocycles. The molecule has 2 aromatic carbocycles. The van der Waals surface area contributed by atoms with Crippen molar-refractivity contribution < 1.29 is 19.1 Å². The molecule has 2 N–H and O–H groups in total. The van der Waals surface area contributed by atoms with Crippen molar-refractivity contribution in [2.45, 2.75) is 84.7 Å². The zero-order valence-electron chi connectivity index (χ0n) is 22.9. The summed E-state index contributed by atoms with van der Waals surface area (Å²) in [4.78, 5) is 41.6. The minimum Gasteiger partial charge on any atom is -0.444 e. The van der Waals surface area contributed by atoms with Crippen LogP contribution < -0.4 is 10.6 Å². The van der Waals surface area contributed by atoms with E-state index in [-0.39, 0.29) is 5.91 Å². The molecular weight excluding hydrogens is 466 g/mol. The number of benzene rings is 2. The maximum atomic E-state index is 13.9. The summed E-state index contributed by atoms with van der Waals surface area (Å²) in [6.07, 6.45) is 5.40. The number of nitrogens with one attached hydrogen (secondary N) is 2. The summed E-state index contributed by atoms with van der Waals surface area (Å²) in [5, 5.41) is 5.61. The van der Waals surface area contributed by atoms with Crippen molar-refractivity contribution in [3.05, 3.63) is 71.3 Å². The molecule has 198 valence electrons. The zero-order chi connectivity index (χ0) is 27.8. The van der Waals surface area contributed by atoms with Gasteiger partial charge in [0.15, 0.2) is 0 Å². The van der Waals surface area contributed by atoms with Crippen LogP contribution in [0.4, 0.5) is 4.79 Å². The second-order valence-electron chi connectivity index (χ2n) is 10.6. The van der Waals surface area contributed by atoms with E-state index in [9.17, 15) is 14.4 Å². The van der Waals surface area contributed by atoms with Crippen molar-refractivity contribution in [3.63, 3.8) is 0 Å². The molecule has 0 fully saturated rings. The van der Waals surface area contributed by atoms with Gasteiger partial charge in [-0.2, -0.15) is 0 Å². The van der Waals surface area contributed by atoms with Crippen LogP contribution in [0.25, 0.3) is 0 Å². The number of ether oxygens (including phenoxy) is 1. The third-order valence-corrected chi connectivity index (χ3v) is 6.07. The van der Waals surface area contributed by atoms with Gasteiger partial charge in [-0.1, -0.05) is 55.3 Å². The maximum absolute atomic E-state index is 13.9. The first kappa shape index (κ1) is 29.4. The fraction of sp³-hybridized carbons (Fsp3) is 0.433. The first-order chi connectivity index (χ1) is 17.3. The summed E-state index contributed by atoms with van der Waals surface area (Å²) in [5.41, 5.74) is 0.780. The number of nitrogens with zero attached hydrogens (tertiary/aromatic N) is 1. The molecule has 2 aromatic rings. The molecule has 7 heteroatoms. The smallest absolute Gasteiger partial charge is 0.408 e. The Kier molecular flexibility index (Phi) is 9.90. The van der Waals surface area contributed by atoms with Crippen molar-refractivity contribution in [3.8, 4) is 12.3 Å². The Morgan fingerprint density at radius 2 is 1.59 bits per heavy atom. The predicted octanol–water partition coefficient (Wildman–Crippen LogP) is 4.96. The molecular formula is C30H39N3O4. The van der Waals surface area contributed by atoms with E-state index in [0.717, 1.165) is 5.56 Å². The van der Waals surface area contributed by atoms with Crippen LogP contribution in [0, 0.1) is 12.3 Å². The van der Waals surface area contributed by atoms with Gasteiger partial charge in [-0.15, -0.1) is 6.42 Å². The van der Waals surface area contributed by atoms with Gasteiger partial charge in [-0.25, -0.2) is 4.79 Å². The third kappa shape index (κ3) is 8.38. The fourth-order valence-electron chi connectivity index (χ4n) is 3.76. The summed E-state index contributed by atoms with van der Waals surface area (Å²) >= 11 is 0. The van der Waals surface area contributed by atoms with E-state index in [1.165, 1.54) is 0 Å². The molecule has 0 heterocycles. The summed E-state index contributed by atoms with van der Waals surface area (Å²) in [6.45, 7) is 12.9. The Hall–Kier alpha value is -3.79. The van der Waals surface area contributed by atoms with Gasteiger partial charge in [0.05, 0.1) is 0 Å². The van der Waals surface area contributed by atoms with Gasteiger partial charge >= 0.3 is 6.09 Å². The summed E-state index contributed by atoms with van der Waals surface area (Å²) < 4.78 is 5.34. The Morgan fingerprint density at radius 1 is 1.00 bits per heavy atom. The van der Waals surface area contributed by atoms with Crippen LogP contribution in [-0.4, -0.2) is 40.0 Å². The molecule has 0 spiro atoms. The molecule has 7 nitrogen and oxygen atoms in total. The van der Waals surface area contributed by atoms with Gasteiger partial charge in [0.1, 0.15) is 17.7 Å². The van der Waals surface area contributed by atoms with Crippen LogP contribution in [0.2, 0.25) is 0 Å². The van der Waals surface area contributed by atoms with Crippen LogP contribution in [0.5, 0.6) is 0 Å². The van der Waals surface area contributed by atoms with Crippen molar-refractivity contribution in [1.29, 1.82) is 0 Å². The molecule has 0 saturated carbocycles. The molecule has 2 rings (SSSR count).